The van der Waals surface area contributed by atoms with Crippen LogP contribution in [0.4, 0.5) is 0 Å². The predicted molar refractivity (Wildman–Crippen MR) is 139 cm³/mol. The molecule has 1 N–H and O–H groups in total. The molecule has 8 heteroatoms. The van der Waals surface area contributed by atoms with Gasteiger partial charge in [-0.25, -0.2) is 4.68 Å². The van der Waals surface area contributed by atoms with Gasteiger partial charge in [0, 0.05) is 17.0 Å². The van der Waals surface area contributed by atoms with E-state index in [1.54, 1.807) is 9.58 Å². The van der Waals surface area contributed by atoms with Crippen molar-refractivity contribution >= 4 is 34.2 Å². The third-order valence-corrected chi connectivity index (χ3v) is 7.14. The van der Waals surface area contributed by atoms with Crippen molar-refractivity contribution in [2.75, 3.05) is 0 Å². The summed E-state index contributed by atoms with van der Waals surface area (Å²) in [6, 6.07) is 18.6. The summed E-state index contributed by atoms with van der Waals surface area (Å²) in [5.41, 5.74) is 3.20. The van der Waals surface area contributed by atoms with Crippen molar-refractivity contribution in [3.05, 3.63) is 82.0 Å². The van der Waals surface area contributed by atoms with Crippen molar-refractivity contribution < 1.29 is 9.59 Å². The smallest absolute Gasteiger partial charge is 0.248 e. The molecule has 0 saturated carbocycles. The summed E-state index contributed by atoms with van der Waals surface area (Å²) in [5.74, 6) is -0.396. The number of nitrogens with zero attached hydrogens (tertiary/aromatic N) is 4. The van der Waals surface area contributed by atoms with Gasteiger partial charge in [0.15, 0.2) is 0 Å². The van der Waals surface area contributed by atoms with E-state index in [0.717, 1.165) is 33.5 Å². The SMILES string of the molecule is CCC(C)(C)NC(=O)[C@@H](c1cccs1)N(Cc1ccc(C)cc1)C(=O)Cn1nnc2ccccc21. The van der Waals surface area contributed by atoms with Crippen LogP contribution in [0.15, 0.2) is 66.0 Å². The van der Waals surface area contributed by atoms with Crippen LogP contribution < -0.4 is 5.32 Å². The Morgan fingerprint density at radius 2 is 1.83 bits per heavy atom. The molecule has 0 aliphatic heterocycles. The fourth-order valence-corrected chi connectivity index (χ4v) is 4.66. The van der Waals surface area contributed by atoms with Crippen LogP contribution in [0.2, 0.25) is 0 Å². The second-order valence-corrected chi connectivity index (χ2v) is 10.4. The first-order valence-corrected chi connectivity index (χ1v) is 12.6. The fourth-order valence-electron chi connectivity index (χ4n) is 3.83. The Hall–Kier alpha value is -3.52. The van der Waals surface area contributed by atoms with Crippen LogP contribution >= 0.6 is 11.3 Å². The lowest BCUT2D eigenvalue weighted by atomic mass is 10.0. The van der Waals surface area contributed by atoms with Crippen molar-refractivity contribution in [3.8, 4) is 0 Å². The number of aryl methyl sites for hydroxylation is 1. The lowest BCUT2D eigenvalue weighted by molar-refractivity contribution is -0.142. The molecule has 7 nitrogen and oxygen atoms in total. The van der Waals surface area contributed by atoms with E-state index in [2.05, 4.69) is 15.6 Å². The van der Waals surface area contributed by atoms with Crippen molar-refractivity contribution in [2.45, 2.75) is 58.8 Å². The van der Waals surface area contributed by atoms with E-state index in [9.17, 15) is 9.59 Å². The molecule has 4 aromatic rings. The average Bonchev–Trinajstić information content (AvgIpc) is 3.50. The number of hydrogen-bond acceptors (Lipinski definition) is 5. The zero-order valence-electron chi connectivity index (χ0n) is 20.6. The van der Waals surface area contributed by atoms with E-state index in [1.165, 1.54) is 11.3 Å². The molecule has 4 rings (SSSR count). The van der Waals surface area contributed by atoms with Gasteiger partial charge >= 0.3 is 0 Å². The van der Waals surface area contributed by atoms with Crippen molar-refractivity contribution in [1.29, 1.82) is 0 Å². The fraction of sp³-hybridized carbons (Fsp3) is 0.333. The first-order valence-electron chi connectivity index (χ1n) is 11.8. The molecule has 0 unspecified atom stereocenters. The van der Waals surface area contributed by atoms with Gasteiger partial charge in [-0.3, -0.25) is 9.59 Å². The third kappa shape index (κ3) is 5.77. The van der Waals surface area contributed by atoms with E-state index in [0.29, 0.717) is 6.54 Å². The molecule has 35 heavy (non-hydrogen) atoms. The molecule has 0 aliphatic carbocycles. The lowest BCUT2D eigenvalue weighted by Crippen LogP contribution is -2.50. The van der Waals surface area contributed by atoms with E-state index < -0.39 is 11.6 Å². The summed E-state index contributed by atoms with van der Waals surface area (Å²) in [6.07, 6.45) is 0.771. The van der Waals surface area contributed by atoms with Crippen LogP contribution in [0.3, 0.4) is 0 Å². The Kier molecular flexibility index (Phi) is 7.31. The minimum absolute atomic E-state index is 0.0152. The topological polar surface area (TPSA) is 80.1 Å². The van der Waals surface area contributed by atoms with Gasteiger partial charge in [-0.15, -0.1) is 16.4 Å². The minimum atomic E-state index is -0.760. The van der Waals surface area contributed by atoms with E-state index in [1.807, 2.05) is 93.7 Å². The maximum absolute atomic E-state index is 13.9. The zero-order chi connectivity index (χ0) is 25.0. The average molecular weight is 490 g/mol. The van der Waals surface area contributed by atoms with Crippen LogP contribution in [0.5, 0.6) is 0 Å². The number of amides is 2. The maximum Gasteiger partial charge on any atom is 0.248 e. The first kappa shape index (κ1) is 24.6. The number of rotatable bonds is 9. The van der Waals surface area contributed by atoms with Gasteiger partial charge in [0.05, 0.1) is 5.52 Å². The molecule has 0 saturated heterocycles. The highest BCUT2D eigenvalue weighted by Crippen LogP contribution is 2.29. The van der Waals surface area contributed by atoms with Crippen molar-refractivity contribution in [1.82, 2.24) is 25.2 Å². The summed E-state index contributed by atoms with van der Waals surface area (Å²) in [4.78, 5) is 30.0. The van der Waals surface area contributed by atoms with E-state index in [-0.39, 0.29) is 18.4 Å². The van der Waals surface area contributed by atoms with Gasteiger partial charge in [-0.05, 0) is 56.3 Å². The molecular formula is C27H31N5O2S. The van der Waals surface area contributed by atoms with Crippen LogP contribution in [-0.4, -0.2) is 37.2 Å². The van der Waals surface area contributed by atoms with Crippen LogP contribution in [-0.2, 0) is 22.7 Å². The maximum atomic E-state index is 13.9. The molecule has 2 aromatic heterocycles. The molecule has 182 valence electrons. The molecular weight excluding hydrogens is 458 g/mol. The zero-order valence-corrected chi connectivity index (χ0v) is 21.4. The van der Waals surface area contributed by atoms with Crippen molar-refractivity contribution in [2.24, 2.45) is 0 Å². The normalized spacial score (nSPS) is 12.5. The van der Waals surface area contributed by atoms with Crippen molar-refractivity contribution in [3.63, 3.8) is 0 Å². The molecule has 1 atom stereocenters. The molecule has 0 bridgehead atoms. The summed E-state index contributed by atoms with van der Waals surface area (Å²) >= 11 is 1.47. The number of nitrogens with one attached hydrogen (secondary N) is 1. The number of aromatic nitrogens is 3. The van der Waals surface area contributed by atoms with Crippen LogP contribution in [0, 0.1) is 6.92 Å². The Labute approximate surface area is 209 Å². The molecule has 2 aromatic carbocycles. The monoisotopic (exact) mass is 489 g/mol. The number of carbonyl (C=O) groups is 2. The van der Waals surface area contributed by atoms with Crippen LogP contribution in [0.25, 0.3) is 11.0 Å². The highest BCUT2D eigenvalue weighted by molar-refractivity contribution is 7.10. The Morgan fingerprint density at radius 1 is 1.09 bits per heavy atom. The van der Waals surface area contributed by atoms with Gasteiger partial charge in [0.25, 0.3) is 0 Å². The highest BCUT2D eigenvalue weighted by atomic mass is 32.1. The Balaban J connectivity index is 1.72. The van der Waals surface area contributed by atoms with Gasteiger partial charge < -0.3 is 10.2 Å². The number of hydrogen-bond donors (Lipinski definition) is 1. The second kappa shape index (κ2) is 10.4. The Morgan fingerprint density at radius 3 is 2.51 bits per heavy atom. The first-order chi connectivity index (χ1) is 16.8. The molecule has 2 amide bonds. The van der Waals surface area contributed by atoms with E-state index >= 15 is 0 Å². The summed E-state index contributed by atoms with van der Waals surface area (Å²) < 4.78 is 1.60. The van der Waals surface area contributed by atoms with Gasteiger partial charge in [-0.1, -0.05) is 60.2 Å². The molecule has 2 heterocycles. The quantitative estimate of drug-likeness (QED) is 0.364. The number of fused-ring (bicyclic) bond motifs is 1. The number of benzene rings is 2. The predicted octanol–water partition coefficient (Wildman–Crippen LogP) is 4.88. The van der Waals surface area contributed by atoms with Gasteiger partial charge in [0.2, 0.25) is 11.8 Å². The Bertz CT molecular complexity index is 1290. The summed E-state index contributed by atoms with van der Waals surface area (Å²) in [7, 11) is 0. The standard InChI is InChI=1S/C27H31N5O2S/c1-5-27(3,4)28-26(34)25(23-11-8-16-35-23)31(17-20-14-12-19(2)13-15-20)24(33)18-32-22-10-7-6-9-21(22)29-30-32/h6-16,25H,5,17-18H2,1-4H3,(H,28,34)/t25-/m1/s1. The van der Waals surface area contributed by atoms with Gasteiger partial charge in [-0.2, -0.15) is 0 Å². The van der Waals surface area contributed by atoms with Gasteiger partial charge in [0.1, 0.15) is 18.1 Å². The molecule has 0 aliphatic rings. The number of carbonyl (C=O) groups excluding carboxylic acids is 2. The minimum Gasteiger partial charge on any atom is -0.349 e. The molecule has 0 radical (unpaired) electrons. The molecule has 0 fully saturated rings. The summed E-state index contributed by atoms with van der Waals surface area (Å²) in [5, 5.41) is 13.5. The third-order valence-electron chi connectivity index (χ3n) is 6.22. The largest absolute Gasteiger partial charge is 0.349 e. The number of thiophene rings is 1. The lowest BCUT2D eigenvalue weighted by Gasteiger charge is -2.34. The molecule has 0 spiro atoms. The summed E-state index contributed by atoms with van der Waals surface area (Å²) in [6.45, 7) is 8.32. The second-order valence-electron chi connectivity index (χ2n) is 9.39. The number of para-hydroxylation sites is 1. The van der Waals surface area contributed by atoms with Crippen LogP contribution in [0.1, 0.15) is 49.2 Å². The highest BCUT2D eigenvalue weighted by Gasteiger charge is 2.35. The van der Waals surface area contributed by atoms with E-state index in [4.69, 9.17) is 0 Å².